The van der Waals surface area contributed by atoms with Gasteiger partial charge >= 0.3 is 6.18 Å². The SMILES string of the molecule is OC[C@@H]1CCCC[C@H]1N1C=C(Cl)C(c2ccc(C(F)(F)F)cc2)O1. The Hall–Kier alpha value is -1.24. The maximum absolute atomic E-state index is 12.7. The van der Waals surface area contributed by atoms with Gasteiger partial charge in [-0.2, -0.15) is 13.2 Å². The molecule has 1 aliphatic carbocycles. The van der Waals surface area contributed by atoms with Gasteiger partial charge in [0.15, 0.2) is 0 Å². The Morgan fingerprint density at radius 3 is 2.46 bits per heavy atom. The van der Waals surface area contributed by atoms with E-state index in [2.05, 4.69) is 0 Å². The summed E-state index contributed by atoms with van der Waals surface area (Å²) in [5.41, 5.74) is -0.128. The molecule has 24 heavy (non-hydrogen) atoms. The summed E-state index contributed by atoms with van der Waals surface area (Å²) in [5, 5.41) is 11.6. The molecule has 1 N–H and O–H groups in total. The Balaban J connectivity index is 1.74. The molecule has 1 aromatic carbocycles. The molecule has 1 fully saturated rings. The second-order valence-electron chi connectivity index (χ2n) is 6.27. The van der Waals surface area contributed by atoms with Crippen LogP contribution in [0.5, 0.6) is 0 Å². The molecule has 1 unspecified atom stereocenters. The van der Waals surface area contributed by atoms with Crippen LogP contribution in [-0.4, -0.2) is 22.8 Å². The number of nitrogens with zero attached hydrogens (tertiary/aromatic N) is 1. The van der Waals surface area contributed by atoms with Gasteiger partial charge in [0.05, 0.1) is 16.6 Å². The number of hydrogen-bond acceptors (Lipinski definition) is 3. The summed E-state index contributed by atoms with van der Waals surface area (Å²) < 4.78 is 38.0. The van der Waals surface area contributed by atoms with Crippen LogP contribution in [0.3, 0.4) is 0 Å². The van der Waals surface area contributed by atoms with Crippen molar-refractivity contribution in [2.75, 3.05) is 6.61 Å². The fraction of sp³-hybridized carbons (Fsp3) is 0.529. The third kappa shape index (κ3) is 3.55. The summed E-state index contributed by atoms with van der Waals surface area (Å²) in [7, 11) is 0. The number of benzene rings is 1. The van der Waals surface area contributed by atoms with Crippen molar-refractivity contribution < 1.29 is 23.1 Å². The van der Waals surface area contributed by atoms with Crippen molar-refractivity contribution in [3.05, 3.63) is 46.6 Å². The summed E-state index contributed by atoms with van der Waals surface area (Å²) in [6, 6.07) is 4.87. The lowest BCUT2D eigenvalue weighted by Crippen LogP contribution is -2.39. The van der Waals surface area contributed by atoms with Gasteiger partial charge in [-0.25, -0.2) is 0 Å². The lowest BCUT2D eigenvalue weighted by Gasteiger charge is -2.36. The van der Waals surface area contributed by atoms with Crippen molar-refractivity contribution in [1.82, 2.24) is 5.06 Å². The normalized spacial score (nSPS) is 28.1. The predicted molar refractivity (Wildman–Crippen MR) is 83.9 cm³/mol. The molecule has 132 valence electrons. The van der Waals surface area contributed by atoms with Crippen molar-refractivity contribution in [3.8, 4) is 0 Å². The van der Waals surface area contributed by atoms with Crippen LogP contribution >= 0.6 is 11.6 Å². The zero-order valence-electron chi connectivity index (χ0n) is 13.0. The molecule has 0 amide bonds. The Bertz CT molecular complexity index is 603. The number of alkyl halides is 3. The van der Waals surface area contributed by atoms with E-state index in [1.165, 1.54) is 12.1 Å². The van der Waals surface area contributed by atoms with E-state index in [4.69, 9.17) is 16.4 Å². The third-order valence-electron chi connectivity index (χ3n) is 4.70. The molecule has 7 heteroatoms. The van der Waals surface area contributed by atoms with Gasteiger partial charge in [0.2, 0.25) is 0 Å². The van der Waals surface area contributed by atoms with Gasteiger partial charge in [-0.1, -0.05) is 36.6 Å². The Labute approximate surface area is 143 Å². The van der Waals surface area contributed by atoms with Crippen LogP contribution in [0.25, 0.3) is 0 Å². The van der Waals surface area contributed by atoms with Crippen LogP contribution in [0, 0.1) is 5.92 Å². The molecule has 1 saturated carbocycles. The highest BCUT2D eigenvalue weighted by molar-refractivity contribution is 6.30. The van der Waals surface area contributed by atoms with E-state index < -0.39 is 17.8 Å². The minimum absolute atomic E-state index is 0.0388. The Morgan fingerprint density at radius 2 is 1.83 bits per heavy atom. The number of aliphatic hydroxyl groups excluding tert-OH is 1. The first kappa shape index (κ1) is 17.6. The first-order valence-corrected chi connectivity index (χ1v) is 8.38. The standard InChI is InChI=1S/C17H19ClF3NO2/c18-14-9-22(15-4-2-1-3-12(15)10-23)24-16(14)11-5-7-13(8-6-11)17(19,20)21/h5-9,12,15-16,23H,1-4,10H2/t12-,15+,16?/m0/s1. The van der Waals surface area contributed by atoms with Gasteiger partial charge in [0, 0.05) is 18.7 Å². The molecule has 0 saturated heterocycles. The summed E-state index contributed by atoms with van der Waals surface area (Å²) in [6.45, 7) is 0.0843. The van der Waals surface area contributed by atoms with Crippen LogP contribution in [-0.2, 0) is 11.0 Å². The smallest absolute Gasteiger partial charge is 0.396 e. The lowest BCUT2D eigenvalue weighted by molar-refractivity contribution is -0.178. The average Bonchev–Trinajstić information content (AvgIpc) is 2.96. The van der Waals surface area contributed by atoms with E-state index in [1.54, 1.807) is 11.3 Å². The minimum atomic E-state index is -4.36. The fourth-order valence-corrected chi connectivity index (χ4v) is 3.63. The topological polar surface area (TPSA) is 32.7 Å². The van der Waals surface area contributed by atoms with Crippen molar-refractivity contribution in [3.63, 3.8) is 0 Å². The van der Waals surface area contributed by atoms with E-state index >= 15 is 0 Å². The first-order valence-electron chi connectivity index (χ1n) is 8.00. The second kappa shape index (κ2) is 6.94. The molecular weight excluding hydrogens is 343 g/mol. The molecular formula is C17H19ClF3NO2. The predicted octanol–water partition coefficient (Wildman–Crippen LogP) is 4.63. The molecule has 3 atom stereocenters. The molecule has 3 rings (SSSR count). The minimum Gasteiger partial charge on any atom is -0.396 e. The average molecular weight is 362 g/mol. The summed E-state index contributed by atoms with van der Waals surface area (Å²) >= 11 is 6.26. The van der Waals surface area contributed by atoms with Gasteiger partial charge < -0.3 is 5.11 Å². The van der Waals surface area contributed by atoms with E-state index in [0.717, 1.165) is 37.8 Å². The zero-order chi connectivity index (χ0) is 17.3. The van der Waals surface area contributed by atoms with Crippen LogP contribution in [0.2, 0.25) is 0 Å². The molecule has 2 aliphatic rings. The largest absolute Gasteiger partial charge is 0.416 e. The maximum Gasteiger partial charge on any atom is 0.416 e. The van der Waals surface area contributed by atoms with Gasteiger partial charge in [-0.05, 0) is 30.5 Å². The first-order chi connectivity index (χ1) is 11.4. The van der Waals surface area contributed by atoms with E-state index in [9.17, 15) is 18.3 Å². The van der Waals surface area contributed by atoms with Crippen LogP contribution in [0.4, 0.5) is 13.2 Å². The molecule has 1 heterocycles. The number of aliphatic hydroxyl groups is 1. The van der Waals surface area contributed by atoms with E-state index in [1.807, 2.05) is 0 Å². The van der Waals surface area contributed by atoms with Crippen molar-refractivity contribution in [2.45, 2.75) is 44.0 Å². The van der Waals surface area contributed by atoms with Gasteiger partial charge in [-0.3, -0.25) is 9.90 Å². The Morgan fingerprint density at radius 1 is 1.17 bits per heavy atom. The maximum atomic E-state index is 12.7. The molecule has 1 aliphatic heterocycles. The van der Waals surface area contributed by atoms with Gasteiger partial charge in [-0.15, -0.1) is 0 Å². The number of rotatable bonds is 3. The number of halogens is 4. The van der Waals surface area contributed by atoms with Gasteiger partial charge in [0.25, 0.3) is 0 Å². The van der Waals surface area contributed by atoms with Crippen LogP contribution in [0.1, 0.15) is 42.9 Å². The molecule has 0 spiro atoms. The van der Waals surface area contributed by atoms with Crippen molar-refractivity contribution in [2.24, 2.45) is 5.92 Å². The summed E-state index contributed by atoms with van der Waals surface area (Å²) in [6.07, 6.45) is 0.672. The number of hydroxylamine groups is 2. The monoisotopic (exact) mass is 361 g/mol. The molecule has 3 nitrogen and oxygen atoms in total. The zero-order valence-corrected chi connectivity index (χ0v) is 13.7. The van der Waals surface area contributed by atoms with Crippen LogP contribution < -0.4 is 0 Å². The highest BCUT2D eigenvalue weighted by Crippen LogP contribution is 2.40. The Kier molecular flexibility index (Phi) is 5.08. The van der Waals surface area contributed by atoms with Gasteiger partial charge in [0.1, 0.15) is 6.10 Å². The second-order valence-corrected chi connectivity index (χ2v) is 6.71. The van der Waals surface area contributed by atoms with Crippen molar-refractivity contribution >= 4 is 11.6 Å². The molecule has 0 aromatic heterocycles. The highest BCUT2D eigenvalue weighted by Gasteiger charge is 2.36. The summed E-state index contributed by atoms with van der Waals surface area (Å²) in [4.78, 5) is 5.87. The third-order valence-corrected chi connectivity index (χ3v) is 5.00. The summed E-state index contributed by atoms with van der Waals surface area (Å²) in [5.74, 6) is 0.117. The molecule has 1 aromatic rings. The quantitative estimate of drug-likeness (QED) is 0.852. The number of hydrogen-bond donors (Lipinski definition) is 1. The highest BCUT2D eigenvalue weighted by atomic mass is 35.5. The van der Waals surface area contributed by atoms with Crippen molar-refractivity contribution in [1.29, 1.82) is 0 Å². The fourth-order valence-electron chi connectivity index (χ4n) is 3.37. The molecule has 0 bridgehead atoms. The van der Waals surface area contributed by atoms with E-state index in [0.29, 0.717) is 10.6 Å². The lowest BCUT2D eigenvalue weighted by atomic mass is 9.85. The van der Waals surface area contributed by atoms with Crippen LogP contribution in [0.15, 0.2) is 35.5 Å². The molecule has 0 radical (unpaired) electrons. The van der Waals surface area contributed by atoms with E-state index in [-0.39, 0.29) is 18.6 Å².